The lowest BCUT2D eigenvalue weighted by Gasteiger charge is -2.16. The second-order valence-corrected chi connectivity index (χ2v) is 7.63. The van der Waals surface area contributed by atoms with Gasteiger partial charge in [0, 0.05) is 13.4 Å². The van der Waals surface area contributed by atoms with Gasteiger partial charge >= 0.3 is 12.0 Å². The number of carbonyl (C=O) groups excluding carboxylic acids is 1. The number of carbonyl (C=O) groups is 2. The highest BCUT2D eigenvalue weighted by Gasteiger charge is 2.20. The molecule has 0 saturated carbocycles. The first kappa shape index (κ1) is 18.8. The molecule has 0 unspecified atom stereocenters. The number of nitrogens with one attached hydrogen (secondary N) is 2. The van der Waals surface area contributed by atoms with Crippen molar-refractivity contribution in [3.8, 4) is 0 Å². The Morgan fingerprint density at radius 1 is 1.29 bits per heavy atom. The number of halogens is 3. The van der Waals surface area contributed by atoms with E-state index in [1.807, 2.05) is 6.26 Å². The molecule has 5 nitrogen and oxygen atoms in total. The van der Waals surface area contributed by atoms with Gasteiger partial charge in [0.1, 0.15) is 6.04 Å². The van der Waals surface area contributed by atoms with Crippen LogP contribution in [0.4, 0.5) is 10.5 Å². The van der Waals surface area contributed by atoms with Crippen LogP contribution < -0.4 is 10.6 Å². The molecule has 0 heterocycles. The fourth-order valence-electron chi connectivity index (χ4n) is 1.46. The van der Waals surface area contributed by atoms with Crippen LogP contribution in [0.1, 0.15) is 6.42 Å². The SMILES string of the molecule is CSCC[C@H](NC(=O)Nc1c(Br)cc(Br)cc1Br)C(=O)O. The molecule has 2 amide bonds. The highest BCUT2D eigenvalue weighted by Crippen LogP contribution is 2.34. The van der Waals surface area contributed by atoms with Gasteiger partial charge in [-0.2, -0.15) is 11.8 Å². The third-order valence-corrected chi connectivity index (χ3v) is 4.81. The van der Waals surface area contributed by atoms with Crippen LogP contribution >= 0.6 is 59.6 Å². The van der Waals surface area contributed by atoms with Gasteiger partial charge in [-0.15, -0.1) is 0 Å². The van der Waals surface area contributed by atoms with Crippen LogP contribution in [0.5, 0.6) is 0 Å². The monoisotopic (exact) mass is 502 g/mol. The van der Waals surface area contributed by atoms with Crippen molar-refractivity contribution in [2.75, 3.05) is 17.3 Å². The Morgan fingerprint density at radius 3 is 2.33 bits per heavy atom. The fraction of sp³-hybridized carbons (Fsp3) is 0.333. The van der Waals surface area contributed by atoms with Crippen LogP contribution in [0.2, 0.25) is 0 Å². The van der Waals surface area contributed by atoms with E-state index >= 15 is 0 Å². The molecule has 0 aliphatic heterocycles. The standard InChI is InChI=1S/C12H13Br3N2O3S/c1-21-3-2-9(11(18)19)16-12(20)17-10-7(14)4-6(13)5-8(10)15/h4-5,9H,2-3H2,1H3,(H,18,19)(H2,16,17,20)/t9-/m0/s1. The Kier molecular flexibility index (Phi) is 8.07. The molecule has 21 heavy (non-hydrogen) atoms. The van der Waals surface area contributed by atoms with Gasteiger partial charge in [-0.1, -0.05) is 15.9 Å². The van der Waals surface area contributed by atoms with E-state index in [9.17, 15) is 9.59 Å². The fourth-order valence-corrected chi connectivity index (χ4v) is 4.39. The van der Waals surface area contributed by atoms with Crippen LogP contribution in [0, 0.1) is 0 Å². The lowest BCUT2D eigenvalue weighted by atomic mass is 10.2. The molecule has 3 N–H and O–H groups in total. The molecule has 1 aromatic carbocycles. The predicted molar refractivity (Wildman–Crippen MR) is 96.1 cm³/mol. The molecule has 0 spiro atoms. The molecule has 0 aliphatic rings. The number of rotatable bonds is 6. The maximum absolute atomic E-state index is 11.9. The maximum atomic E-state index is 11.9. The minimum absolute atomic E-state index is 0.368. The van der Waals surface area contributed by atoms with Crippen molar-refractivity contribution in [3.05, 3.63) is 25.6 Å². The van der Waals surface area contributed by atoms with Crippen LogP contribution in [0.25, 0.3) is 0 Å². The lowest BCUT2D eigenvalue weighted by molar-refractivity contribution is -0.139. The van der Waals surface area contributed by atoms with Gasteiger partial charge in [0.2, 0.25) is 0 Å². The van der Waals surface area contributed by atoms with E-state index in [1.54, 1.807) is 12.1 Å². The summed E-state index contributed by atoms with van der Waals surface area (Å²) in [6.07, 6.45) is 2.25. The van der Waals surface area contributed by atoms with Gasteiger partial charge in [-0.3, -0.25) is 0 Å². The average molecular weight is 505 g/mol. The second kappa shape index (κ2) is 9.02. The third-order valence-electron chi connectivity index (χ3n) is 2.46. The van der Waals surface area contributed by atoms with Crippen molar-refractivity contribution in [1.82, 2.24) is 5.32 Å². The third kappa shape index (κ3) is 6.17. The second-order valence-electron chi connectivity index (χ2n) is 4.02. The number of carboxylic acid groups (broad SMARTS) is 1. The molecule has 0 fully saturated rings. The highest BCUT2D eigenvalue weighted by atomic mass is 79.9. The molecule has 1 rings (SSSR count). The van der Waals surface area contributed by atoms with Crippen LogP contribution in [0.3, 0.4) is 0 Å². The molecule has 1 atom stereocenters. The van der Waals surface area contributed by atoms with E-state index in [0.717, 1.165) is 4.47 Å². The van der Waals surface area contributed by atoms with Crippen LogP contribution in [-0.4, -0.2) is 35.2 Å². The number of anilines is 1. The molecule has 0 aromatic heterocycles. The lowest BCUT2D eigenvalue weighted by Crippen LogP contribution is -2.43. The van der Waals surface area contributed by atoms with E-state index in [4.69, 9.17) is 5.11 Å². The van der Waals surface area contributed by atoms with Gasteiger partial charge in [-0.05, 0) is 62.4 Å². The highest BCUT2D eigenvalue weighted by molar-refractivity contribution is 9.11. The minimum atomic E-state index is -1.05. The van der Waals surface area contributed by atoms with Crippen molar-refractivity contribution in [2.24, 2.45) is 0 Å². The molecule has 9 heteroatoms. The number of hydrogen-bond donors (Lipinski definition) is 3. The van der Waals surface area contributed by atoms with Crippen molar-refractivity contribution in [2.45, 2.75) is 12.5 Å². The zero-order valence-corrected chi connectivity index (χ0v) is 16.5. The number of thioether (sulfide) groups is 1. The molecule has 0 radical (unpaired) electrons. The largest absolute Gasteiger partial charge is 0.480 e. The summed E-state index contributed by atoms with van der Waals surface area (Å²) in [6.45, 7) is 0. The van der Waals surface area contributed by atoms with Gasteiger partial charge < -0.3 is 15.7 Å². The summed E-state index contributed by atoms with van der Waals surface area (Å²) in [5.41, 5.74) is 0.532. The van der Waals surface area contributed by atoms with E-state index in [1.165, 1.54) is 11.8 Å². The Balaban J connectivity index is 2.74. The summed E-state index contributed by atoms with van der Waals surface area (Å²) in [5.74, 6) is -0.392. The van der Waals surface area contributed by atoms with E-state index in [0.29, 0.717) is 26.8 Å². The van der Waals surface area contributed by atoms with Crippen molar-refractivity contribution in [3.63, 3.8) is 0 Å². The first-order valence-electron chi connectivity index (χ1n) is 5.79. The smallest absolute Gasteiger partial charge is 0.326 e. The molecule has 0 aliphatic carbocycles. The number of amides is 2. The van der Waals surface area contributed by atoms with Crippen molar-refractivity contribution < 1.29 is 14.7 Å². The quantitative estimate of drug-likeness (QED) is 0.539. The Hall–Kier alpha value is -0.250. The van der Waals surface area contributed by atoms with Gasteiger partial charge in [0.05, 0.1) is 5.69 Å². The Labute approximate surface area is 152 Å². The molecular weight excluding hydrogens is 492 g/mol. The van der Waals surface area contributed by atoms with E-state index in [2.05, 4.69) is 58.4 Å². The summed E-state index contributed by atoms with van der Waals surface area (Å²) in [6, 6.07) is 2.09. The maximum Gasteiger partial charge on any atom is 0.326 e. The Morgan fingerprint density at radius 2 is 1.86 bits per heavy atom. The van der Waals surface area contributed by atoms with Crippen LogP contribution in [-0.2, 0) is 4.79 Å². The van der Waals surface area contributed by atoms with E-state index in [-0.39, 0.29) is 0 Å². The van der Waals surface area contributed by atoms with Crippen molar-refractivity contribution in [1.29, 1.82) is 0 Å². The minimum Gasteiger partial charge on any atom is -0.480 e. The average Bonchev–Trinajstić information content (AvgIpc) is 2.38. The predicted octanol–water partition coefficient (Wildman–Crippen LogP) is 4.30. The van der Waals surface area contributed by atoms with Gasteiger partial charge in [0.25, 0.3) is 0 Å². The molecule has 116 valence electrons. The number of carboxylic acids is 1. The molecular formula is C12H13Br3N2O3S. The summed E-state index contributed by atoms with van der Waals surface area (Å²) >= 11 is 11.5. The number of urea groups is 1. The number of benzene rings is 1. The first-order valence-corrected chi connectivity index (χ1v) is 9.56. The summed E-state index contributed by atoms with van der Waals surface area (Å²) in [5, 5.41) is 14.2. The van der Waals surface area contributed by atoms with Gasteiger partial charge in [0.15, 0.2) is 0 Å². The zero-order valence-electron chi connectivity index (χ0n) is 11.0. The summed E-state index contributed by atoms with van der Waals surface area (Å²) < 4.78 is 2.19. The van der Waals surface area contributed by atoms with E-state index < -0.39 is 18.0 Å². The molecule has 1 aromatic rings. The summed E-state index contributed by atoms with van der Waals surface area (Å²) in [4.78, 5) is 23.0. The zero-order chi connectivity index (χ0) is 16.0. The van der Waals surface area contributed by atoms with Gasteiger partial charge in [-0.25, -0.2) is 9.59 Å². The topological polar surface area (TPSA) is 78.4 Å². The number of aliphatic carboxylic acids is 1. The Bertz CT molecular complexity index is 519. The van der Waals surface area contributed by atoms with Crippen LogP contribution in [0.15, 0.2) is 25.6 Å². The summed E-state index contributed by atoms with van der Waals surface area (Å²) in [7, 11) is 0. The normalized spacial score (nSPS) is 11.8. The number of hydrogen-bond acceptors (Lipinski definition) is 3. The van der Waals surface area contributed by atoms with Crippen molar-refractivity contribution >= 4 is 77.2 Å². The molecule has 0 saturated heterocycles. The first-order chi connectivity index (χ1) is 9.85. The molecule has 0 bridgehead atoms.